The van der Waals surface area contributed by atoms with E-state index in [0.717, 1.165) is 12.8 Å². The molecule has 0 bridgehead atoms. The number of aliphatic hydroxyl groups excluding tert-OH is 1. The third-order valence-electron chi connectivity index (χ3n) is 3.74. The van der Waals surface area contributed by atoms with E-state index >= 15 is 0 Å². The first-order valence-electron chi connectivity index (χ1n) is 6.98. The van der Waals surface area contributed by atoms with Crippen LogP contribution in [0.1, 0.15) is 32.1 Å². The third-order valence-corrected chi connectivity index (χ3v) is 3.74. The van der Waals surface area contributed by atoms with Gasteiger partial charge in [-0.15, -0.1) is 0 Å². The van der Waals surface area contributed by atoms with Gasteiger partial charge in [0.2, 0.25) is 0 Å². The summed E-state index contributed by atoms with van der Waals surface area (Å²) in [6.45, 7) is 2.30. The second kappa shape index (κ2) is 6.82. The van der Waals surface area contributed by atoms with Crippen molar-refractivity contribution in [3.63, 3.8) is 0 Å². The Hall–Kier alpha value is -0.200. The van der Waals surface area contributed by atoms with Crippen LogP contribution >= 0.6 is 0 Å². The maximum absolute atomic E-state index is 10.0. The molecule has 1 aliphatic heterocycles. The Bertz CT molecular complexity index is 237. The molecule has 3 N–H and O–H groups in total. The van der Waals surface area contributed by atoms with Gasteiger partial charge in [0.15, 0.2) is 0 Å². The number of hydrogen-bond donors (Lipinski definition) is 3. The molecule has 0 aromatic rings. The second-order valence-corrected chi connectivity index (χ2v) is 5.55. The topological polar surface area (TPSA) is 71.0 Å². The molecule has 2 fully saturated rings. The fourth-order valence-corrected chi connectivity index (χ4v) is 2.57. The second-order valence-electron chi connectivity index (χ2n) is 5.55. The molecule has 0 aromatic heterocycles. The summed E-state index contributed by atoms with van der Waals surface area (Å²) in [7, 11) is 0. The first-order chi connectivity index (χ1) is 8.68. The molecule has 2 unspecified atom stereocenters. The van der Waals surface area contributed by atoms with Crippen LogP contribution in [0.4, 0.5) is 0 Å². The zero-order valence-electron chi connectivity index (χ0n) is 10.9. The van der Waals surface area contributed by atoms with Crippen LogP contribution in [0.2, 0.25) is 0 Å². The van der Waals surface area contributed by atoms with Gasteiger partial charge in [-0.1, -0.05) is 12.8 Å². The van der Waals surface area contributed by atoms with Gasteiger partial charge in [-0.05, 0) is 12.8 Å². The van der Waals surface area contributed by atoms with Gasteiger partial charge < -0.3 is 25.0 Å². The number of nitrogens with one attached hydrogen (secondary N) is 1. The van der Waals surface area contributed by atoms with E-state index < -0.39 is 11.7 Å². The smallest absolute Gasteiger partial charge is 0.102 e. The molecule has 0 aromatic carbocycles. The Morgan fingerprint density at radius 3 is 2.83 bits per heavy atom. The van der Waals surface area contributed by atoms with E-state index in [9.17, 15) is 10.2 Å². The predicted molar refractivity (Wildman–Crippen MR) is 67.5 cm³/mol. The number of ether oxygens (including phenoxy) is 2. The number of aliphatic hydroxyl groups is 2. The van der Waals surface area contributed by atoms with Crippen LogP contribution in [-0.4, -0.2) is 60.9 Å². The highest BCUT2D eigenvalue weighted by Crippen LogP contribution is 2.21. The number of hydrogen-bond acceptors (Lipinski definition) is 5. The van der Waals surface area contributed by atoms with Gasteiger partial charge >= 0.3 is 0 Å². The van der Waals surface area contributed by atoms with Crippen LogP contribution in [0.5, 0.6) is 0 Å². The van der Waals surface area contributed by atoms with Crippen molar-refractivity contribution < 1.29 is 19.7 Å². The lowest BCUT2D eigenvalue weighted by Crippen LogP contribution is -2.44. The van der Waals surface area contributed by atoms with Crippen molar-refractivity contribution in [1.29, 1.82) is 0 Å². The summed E-state index contributed by atoms with van der Waals surface area (Å²) >= 11 is 0. The highest BCUT2D eigenvalue weighted by atomic mass is 16.5. The summed E-state index contributed by atoms with van der Waals surface area (Å²) in [6.07, 6.45) is 5.23. The van der Waals surface area contributed by atoms with E-state index in [4.69, 9.17) is 9.47 Å². The summed E-state index contributed by atoms with van der Waals surface area (Å²) in [5.74, 6) is 0. The SMILES string of the molecule is OC(CNCC1(O)CCOC1)COC1CCCC1. The lowest BCUT2D eigenvalue weighted by molar-refractivity contribution is -0.0107. The quantitative estimate of drug-likeness (QED) is 0.602. The van der Waals surface area contributed by atoms with Gasteiger partial charge in [0.25, 0.3) is 0 Å². The molecule has 1 saturated carbocycles. The number of rotatable bonds is 7. The molecule has 1 aliphatic carbocycles. The molecule has 1 heterocycles. The minimum atomic E-state index is -0.758. The average molecular weight is 259 g/mol. The first kappa shape index (κ1) is 14.2. The van der Waals surface area contributed by atoms with Gasteiger partial charge in [0, 0.05) is 26.1 Å². The Morgan fingerprint density at radius 1 is 1.39 bits per heavy atom. The predicted octanol–water partition coefficient (Wildman–Crippen LogP) is 0.0475. The molecule has 2 atom stereocenters. The van der Waals surface area contributed by atoms with Crippen molar-refractivity contribution in [3.8, 4) is 0 Å². The normalized spacial score (nSPS) is 31.0. The van der Waals surface area contributed by atoms with Gasteiger partial charge in [-0.2, -0.15) is 0 Å². The fraction of sp³-hybridized carbons (Fsp3) is 1.00. The molecule has 18 heavy (non-hydrogen) atoms. The first-order valence-corrected chi connectivity index (χ1v) is 6.98. The molecule has 2 rings (SSSR count). The monoisotopic (exact) mass is 259 g/mol. The van der Waals surface area contributed by atoms with Gasteiger partial charge in [-0.25, -0.2) is 0 Å². The van der Waals surface area contributed by atoms with Gasteiger partial charge in [-0.3, -0.25) is 0 Å². The van der Waals surface area contributed by atoms with E-state index in [1.54, 1.807) is 0 Å². The zero-order valence-corrected chi connectivity index (χ0v) is 10.9. The van der Waals surface area contributed by atoms with Crippen molar-refractivity contribution in [2.45, 2.75) is 49.9 Å². The molecular formula is C13H25NO4. The van der Waals surface area contributed by atoms with E-state index in [2.05, 4.69) is 5.32 Å². The molecule has 0 radical (unpaired) electrons. The molecule has 0 spiro atoms. The Morgan fingerprint density at radius 2 is 2.17 bits per heavy atom. The maximum atomic E-state index is 10.0. The van der Waals surface area contributed by atoms with Crippen LogP contribution in [0, 0.1) is 0 Å². The molecule has 5 nitrogen and oxygen atoms in total. The van der Waals surface area contributed by atoms with Crippen LogP contribution in [0.15, 0.2) is 0 Å². The Kier molecular flexibility index (Phi) is 5.38. The summed E-state index contributed by atoms with van der Waals surface area (Å²) in [5, 5.41) is 22.9. The minimum Gasteiger partial charge on any atom is -0.389 e. The van der Waals surface area contributed by atoms with Gasteiger partial charge in [0.1, 0.15) is 5.60 Å². The van der Waals surface area contributed by atoms with E-state index in [-0.39, 0.29) is 0 Å². The molecule has 5 heteroatoms. The van der Waals surface area contributed by atoms with Crippen LogP contribution < -0.4 is 5.32 Å². The van der Waals surface area contributed by atoms with E-state index in [1.165, 1.54) is 12.8 Å². The van der Waals surface area contributed by atoms with Crippen molar-refractivity contribution in [3.05, 3.63) is 0 Å². The van der Waals surface area contributed by atoms with E-state index in [1.807, 2.05) is 0 Å². The van der Waals surface area contributed by atoms with Crippen LogP contribution in [-0.2, 0) is 9.47 Å². The molecule has 106 valence electrons. The highest BCUT2D eigenvalue weighted by Gasteiger charge is 2.31. The minimum absolute atomic E-state index is 0.340. The van der Waals surface area contributed by atoms with Crippen molar-refractivity contribution >= 4 is 0 Å². The standard InChI is InChI=1S/C13H25NO4/c15-11(8-18-12-3-1-2-4-12)7-14-9-13(16)5-6-17-10-13/h11-12,14-16H,1-10H2. The van der Waals surface area contributed by atoms with Crippen molar-refractivity contribution in [2.24, 2.45) is 0 Å². The summed E-state index contributed by atoms with van der Waals surface area (Å²) in [5.41, 5.74) is -0.758. The average Bonchev–Trinajstić information content (AvgIpc) is 2.98. The molecule has 0 amide bonds. The largest absolute Gasteiger partial charge is 0.389 e. The third kappa shape index (κ3) is 4.48. The lowest BCUT2D eigenvalue weighted by Gasteiger charge is -2.22. The Labute approximate surface area is 108 Å². The van der Waals surface area contributed by atoms with Crippen molar-refractivity contribution in [2.75, 3.05) is 32.9 Å². The maximum Gasteiger partial charge on any atom is 0.102 e. The molecule has 2 aliphatic rings. The lowest BCUT2D eigenvalue weighted by atomic mass is 10.0. The molecule has 1 saturated heterocycles. The van der Waals surface area contributed by atoms with E-state index in [0.29, 0.717) is 45.4 Å². The Balaban J connectivity index is 1.52. The summed E-state index contributed by atoms with van der Waals surface area (Å²) in [4.78, 5) is 0. The van der Waals surface area contributed by atoms with Crippen LogP contribution in [0.25, 0.3) is 0 Å². The van der Waals surface area contributed by atoms with Crippen molar-refractivity contribution in [1.82, 2.24) is 5.32 Å². The fourth-order valence-electron chi connectivity index (χ4n) is 2.57. The summed E-state index contributed by atoms with van der Waals surface area (Å²) in [6, 6.07) is 0. The zero-order chi connectivity index (χ0) is 12.8. The summed E-state index contributed by atoms with van der Waals surface area (Å²) < 4.78 is 10.8. The molecular weight excluding hydrogens is 234 g/mol. The van der Waals surface area contributed by atoms with Gasteiger partial charge in [0.05, 0.1) is 25.4 Å². The highest BCUT2D eigenvalue weighted by molar-refractivity contribution is 4.85. The van der Waals surface area contributed by atoms with Crippen LogP contribution in [0.3, 0.4) is 0 Å².